The molecule has 0 atom stereocenters. The predicted octanol–water partition coefficient (Wildman–Crippen LogP) is 3.12. The Balaban J connectivity index is 2.31. The van der Waals surface area contributed by atoms with Crippen LogP contribution in [-0.4, -0.2) is 30.6 Å². The molecule has 21 heavy (non-hydrogen) atoms. The number of para-hydroxylation sites is 1. The van der Waals surface area contributed by atoms with Gasteiger partial charge in [0.05, 0.1) is 4.92 Å². The molecule has 0 spiro atoms. The molecular formula is C16H25N3O2. The van der Waals surface area contributed by atoms with Crippen molar-refractivity contribution < 1.29 is 4.92 Å². The second-order valence-corrected chi connectivity index (χ2v) is 6.14. The molecule has 5 nitrogen and oxygen atoms in total. The highest BCUT2D eigenvalue weighted by Crippen LogP contribution is 2.34. The molecule has 1 N–H and O–H groups in total. The van der Waals surface area contributed by atoms with Gasteiger partial charge in [-0.1, -0.05) is 12.1 Å². The van der Waals surface area contributed by atoms with Gasteiger partial charge in [-0.2, -0.15) is 0 Å². The van der Waals surface area contributed by atoms with Gasteiger partial charge in [0.15, 0.2) is 0 Å². The van der Waals surface area contributed by atoms with E-state index < -0.39 is 0 Å². The summed E-state index contributed by atoms with van der Waals surface area (Å²) in [7, 11) is 0. The van der Waals surface area contributed by atoms with Crippen molar-refractivity contribution in [3.63, 3.8) is 0 Å². The van der Waals surface area contributed by atoms with Gasteiger partial charge in [-0.15, -0.1) is 0 Å². The van der Waals surface area contributed by atoms with E-state index in [1.807, 2.05) is 13.0 Å². The van der Waals surface area contributed by atoms with E-state index >= 15 is 0 Å². The third kappa shape index (κ3) is 3.73. The van der Waals surface area contributed by atoms with Crippen molar-refractivity contribution in [3.8, 4) is 0 Å². The van der Waals surface area contributed by atoms with Crippen LogP contribution < -0.4 is 10.2 Å². The maximum atomic E-state index is 11.4. The number of aryl methyl sites for hydroxylation is 1. The summed E-state index contributed by atoms with van der Waals surface area (Å²) in [6, 6.07) is 5.58. The number of nitro benzene ring substituents is 1. The Labute approximate surface area is 126 Å². The Morgan fingerprint density at radius 3 is 2.62 bits per heavy atom. The zero-order valence-corrected chi connectivity index (χ0v) is 13.1. The van der Waals surface area contributed by atoms with Crippen molar-refractivity contribution >= 4 is 11.4 Å². The van der Waals surface area contributed by atoms with Gasteiger partial charge in [0.2, 0.25) is 0 Å². The number of nitro groups is 1. The lowest BCUT2D eigenvalue weighted by molar-refractivity contribution is -0.384. The Morgan fingerprint density at radius 1 is 1.38 bits per heavy atom. The zero-order valence-electron chi connectivity index (χ0n) is 13.1. The molecule has 1 aromatic rings. The van der Waals surface area contributed by atoms with Crippen LogP contribution in [0.3, 0.4) is 0 Å². The number of hydrogen-bond donors (Lipinski definition) is 1. The average molecular weight is 291 g/mol. The van der Waals surface area contributed by atoms with E-state index in [4.69, 9.17) is 0 Å². The Bertz CT molecular complexity index is 496. The highest BCUT2D eigenvalue weighted by atomic mass is 16.6. The summed E-state index contributed by atoms with van der Waals surface area (Å²) >= 11 is 0. The second-order valence-electron chi connectivity index (χ2n) is 6.14. The second kappa shape index (κ2) is 6.89. The number of benzene rings is 1. The molecule has 0 bridgehead atoms. The minimum absolute atomic E-state index is 0.220. The lowest BCUT2D eigenvalue weighted by Gasteiger charge is -2.35. The normalized spacial score (nSPS) is 16.2. The van der Waals surface area contributed by atoms with E-state index in [2.05, 4.69) is 24.1 Å². The van der Waals surface area contributed by atoms with Crippen LogP contribution >= 0.6 is 0 Å². The van der Waals surface area contributed by atoms with E-state index in [0.29, 0.717) is 5.92 Å². The molecule has 2 rings (SSSR count). The van der Waals surface area contributed by atoms with Gasteiger partial charge >= 0.3 is 0 Å². The molecule has 1 aliphatic rings. The molecule has 0 unspecified atom stereocenters. The summed E-state index contributed by atoms with van der Waals surface area (Å²) in [5, 5.41) is 14.7. The smallest absolute Gasteiger partial charge is 0.292 e. The van der Waals surface area contributed by atoms with Crippen LogP contribution in [0.1, 0.15) is 32.3 Å². The van der Waals surface area contributed by atoms with E-state index in [9.17, 15) is 10.1 Å². The molecule has 0 radical (unpaired) electrons. The van der Waals surface area contributed by atoms with Crippen molar-refractivity contribution in [2.45, 2.75) is 39.7 Å². The van der Waals surface area contributed by atoms with Crippen molar-refractivity contribution in [3.05, 3.63) is 33.9 Å². The Morgan fingerprint density at radius 2 is 2.05 bits per heavy atom. The van der Waals surface area contributed by atoms with Gasteiger partial charge in [0.25, 0.3) is 5.69 Å². The summed E-state index contributed by atoms with van der Waals surface area (Å²) in [5.41, 5.74) is 1.99. The lowest BCUT2D eigenvalue weighted by Crippen LogP contribution is -2.40. The van der Waals surface area contributed by atoms with Crippen molar-refractivity contribution in [2.75, 3.05) is 24.5 Å². The van der Waals surface area contributed by atoms with Crippen LogP contribution in [0, 0.1) is 23.0 Å². The van der Waals surface area contributed by atoms with Crippen LogP contribution in [0.25, 0.3) is 0 Å². The third-order valence-corrected chi connectivity index (χ3v) is 4.24. The first-order valence-corrected chi connectivity index (χ1v) is 7.72. The molecule has 0 saturated carbocycles. The molecule has 1 heterocycles. The zero-order chi connectivity index (χ0) is 15.4. The molecule has 116 valence electrons. The first-order chi connectivity index (χ1) is 10.0. The SMILES string of the molecule is Cc1cccc([N+](=O)[O-])c1N(CC1CCNCC1)C(C)C. The molecule has 1 fully saturated rings. The van der Waals surface area contributed by atoms with Crippen LogP contribution in [-0.2, 0) is 0 Å². The topological polar surface area (TPSA) is 58.4 Å². The summed E-state index contributed by atoms with van der Waals surface area (Å²) in [6.07, 6.45) is 2.28. The van der Waals surface area contributed by atoms with Gasteiger partial charge in [-0.05, 0) is 58.2 Å². The van der Waals surface area contributed by atoms with Crippen molar-refractivity contribution in [1.29, 1.82) is 0 Å². The summed E-state index contributed by atoms with van der Waals surface area (Å²) < 4.78 is 0. The minimum atomic E-state index is -0.264. The maximum absolute atomic E-state index is 11.4. The molecule has 0 aliphatic carbocycles. The van der Waals surface area contributed by atoms with E-state index in [1.165, 1.54) is 0 Å². The van der Waals surface area contributed by atoms with Crippen LogP contribution in [0.5, 0.6) is 0 Å². The average Bonchev–Trinajstić information content (AvgIpc) is 2.45. The van der Waals surface area contributed by atoms with Gasteiger partial charge in [-0.3, -0.25) is 10.1 Å². The minimum Gasteiger partial charge on any atom is -0.363 e. The van der Waals surface area contributed by atoms with Crippen LogP contribution in [0.4, 0.5) is 11.4 Å². The fourth-order valence-electron chi connectivity index (χ4n) is 3.07. The molecular weight excluding hydrogens is 266 g/mol. The first-order valence-electron chi connectivity index (χ1n) is 7.72. The highest BCUT2D eigenvalue weighted by molar-refractivity contribution is 5.68. The Hall–Kier alpha value is -1.62. The fraction of sp³-hybridized carbons (Fsp3) is 0.625. The summed E-state index contributed by atoms with van der Waals surface area (Å²) in [5.74, 6) is 0.605. The van der Waals surface area contributed by atoms with E-state index in [1.54, 1.807) is 12.1 Å². The van der Waals surface area contributed by atoms with Gasteiger partial charge in [0.1, 0.15) is 5.69 Å². The molecule has 0 aromatic heterocycles. The lowest BCUT2D eigenvalue weighted by atomic mass is 9.96. The number of anilines is 1. The largest absolute Gasteiger partial charge is 0.363 e. The fourth-order valence-corrected chi connectivity index (χ4v) is 3.07. The first kappa shape index (κ1) is 15.8. The highest BCUT2D eigenvalue weighted by Gasteiger charge is 2.26. The van der Waals surface area contributed by atoms with E-state index in [0.717, 1.165) is 43.7 Å². The standard InChI is InChI=1S/C16H25N3O2/c1-12(2)18(11-14-7-9-17-10-8-14)16-13(3)5-4-6-15(16)19(20)21/h4-6,12,14,17H,7-11H2,1-3H3. The van der Waals surface area contributed by atoms with Crippen LogP contribution in [0.15, 0.2) is 18.2 Å². The number of nitrogens with one attached hydrogen (secondary N) is 1. The number of rotatable bonds is 5. The van der Waals surface area contributed by atoms with Crippen molar-refractivity contribution in [1.82, 2.24) is 5.32 Å². The summed E-state index contributed by atoms with van der Waals surface area (Å²) in [6.45, 7) is 9.17. The molecule has 1 aromatic carbocycles. The molecule has 1 saturated heterocycles. The molecule has 1 aliphatic heterocycles. The number of hydrogen-bond acceptors (Lipinski definition) is 4. The van der Waals surface area contributed by atoms with Crippen molar-refractivity contribution in [2.24, 2.45) is 5.92 Å². The van der Waals surface area contributed by atoms with Gasteiger partial charge in [0, 0.05) is 18.7 Å². The van der Waals surface area contributed by atoms with E-state index in [-0.39, 0.29) is 16.7 Å². The Kier molecular flexibility index (Phi) is 5.17. The monoisotopic (exact) mass is 291 g/mol. The quantitative estimate of drug-likeness (QED) is 0.669. The van der Waals surface area contributed by atoms with Gasteiger partial charge < -0.3 is 10.2 Å². The molecule has 0 amide bonds. The van der Waals surface area contributed by atoms with Crippen LogP contribution in [0.2, 0.25) is 0 Å². The maximum Gasteiger partial charge on any atom is 0.292 e. The number of piperidine rings is 1. The third-order valence-electron chi connectivity index (χ3n) is 4.24. The molecule has 5 heteroatoms. The van der Waals surface area contributed by atoms with Gasteiger partial charge in [-0.25, -0.2) is 0 Å². The summed E-state index contributed by atoms with van der Waals surface area (Å²) in [4.78, 5) is 13.3. The predicted molar refractivity (Wildman–Crippen MR) is 85.9 cm³/mol. The number of nitrogens with zero attached hydrogens (tertiary/aromatic N) is 2.